The van der Waals surface area contributed by atoms with E-state index >= 15 is 0 Å². The topological polar surface area (TPSA) is 64.3 Å². The molecule has 1 aromatic carbocycles. The van der Waals surface area contributed by atoms with E-state index < -0.39 is 11.7 Å². The number of halogens is 3. The fourth-order valence-corrected chi connectivity index (χ4v) is 1.77. The molecule has 1 unspecified atom stereocenters. The van der Waals surface area contributed by atoms with E-state index in [1.54, 1.807) is 0 Å². The second-order valence-corrected chi connectivity index (χ2v) is 4.71. The summed E-state index contributed by atoms with van der Waals surface area (Å²) in [7, 11) is 1.53. The molecule has 1 amide bonds. The summed E-state index contributed by atoms with van der Waals surface area (Å²) in [5.74, 6) is -0.354. The number of nitrogens with two attached hydrogens (primary N) is 1. The molecule has 3 N–H and O–H groups in total. The van der Waals surface area contributed by atoms with E-state index in [2.05, 4.69) is 5.32 Å². The molecule has 0 spiro atoms. The standard InChI is InChI=1S/C14H19F3N2O2/c1-9(21-2)3-6-13(20)19-11-5-4-10(8-18)12(7-11)14(15,16)17/h4-5,7,9H,3,6,8,18H2,1-2H3,(H,19,20). The predicted octanol–water partition coefficient (Wildman–Crippen LogP) is 2.92. The molecule has 21 heavy (non-hydrogen) atoms. The van der Waals surface area contributed by atoms with E-state index in [4.69, 9.17) is 10.5 Å². The average molecular weight is 304 g/mol. The predicted molar refractivity (Wildman–Crippen MR) is 73.7 cm³/mol. The molecule has 0 saturated carbocycles. The third-order valence-electron chi connectivity index (χ3n) is 3.10. The number of nitrogens with one attached hydrogen (secondary N) is 1. The van der Waals surface area contributed by atoms with Gasteiger partial charge in [-0.15, -0.1) is 0 Å². The van der Waals surface area contributed by atoms with E-state index in [0.717, 1.165) is 6.07 Å². The minimum Gasteiger partial charge on any atom is -0.382 e. The Morgan fingerprint density at radius 2 is 2.10 bits per heavy atom. The van der Waals surface area contributed by atoms with Crippen molar-refractivity contribution in [3.05, 3.63) is 29.3 Å². The lowest BCUT2D eigenvalue weighted by Crippen LogP contribution is -2.17. The van der Waals surface area contributed by atoms with Gasteiger partial charge in [-0.25, -0.2) is 0 Å². The minimum absolute atomic E-state index is 0.00601. The number of hydrogen-bond donors (Lipinski definition) is 2. The zero-order chi connectivity index (χ0) is 16.0. The lowest BCUT2D eigenvalue weighted by Gasteiger charge is -2.14. The maximum atomic E-state index is 12.9. The average Bonchev–Trinajstić information content (AvgIpc) is 2.43. The van der Waals surface area contributed by atoms with E-state index in [-0.39, 0.29) is 36.2 Å². The van der Waals surface area contributed by atoms with Gasteiger partial charge in [0, 0.05) is 25.8 Å². The summed E-state index contributed by atoms with van der Waals surface area (Å²) in [5.41, 5.74) is 4.57. The first-order valence-corrected chi connectivity index (χ1v) is 6.50. The molecule has 0 aliphatic heterocycles. The first-order valence-electron chi connectivity index (χ1n) is 6.50. The van der Waals surface area contributed by atoms with Crippen LogP contribution in [0.25, 0.3) is 0 Å². The summed E-state index contributed by atoms with van der Waals surface area (Å²) in [6.45, 7) is 1.60. The van der Waals surface area contributed by atoms with Crippen molar-refractivity contribution in [1.29, 1.82) is 0 Å². The van der Waals surface area contributed by atoms with Crippen LogP contribution in [0.1, 0.15) is 30.9 Å². The monoisotopic (exact) mass is 304 g/mol. The molecule has 0 bridgehead atoms. The molecule has 0 aromatic heterocycles. The third kappa shape index (κ3) is 5.35. The van der Waals surface area contributed by atoms with Crippen LogP contribution in [-0.4, -0.2) is 19.1 Å². The summed E-state index contributed by atoms with van der Waals surface area (Å²) >= 11 is 0. The zero-order valence-corrected chi connectivity index (χ0v) is 12.0. The van der Waals surface area contributed by atoms with Crippen molar-refractivity contribution < 1.29 is 22.7 Å². The highest BCUT2D eigenvalue weighted by Gasteiger charge is 2.33. The second-order valence-electron chi connectivity index (χ2n) is 4.71. The van der Waals surface area contributed by atoms with E-state index in [9.17, 15) is 18.0 Å². The van der Waals surface area contributed by atoms with Crippen molar-refractivity contribution in [3.63, 3.8) is 0 Å². The molecule has 0 heterocycles. The molecule has 0 saturated heterocycles. The van der Waals surface area contributed by atoms with Gasteiger partial charge in [0.05, 0.1) is 11.7 Å². The van der Waals surface area contributed by atoms with Crippen molar-refractivity contribution in [3.8, 4) is 0 Å². The van der Waals surface area contributed by atoms with Crippen LogP contribution in [0.2, 0.25) is 0 Å². The highest BCUT2D eigenvalue weighted by atomic mass is 19.4. The molecule has 1 rings (SSSR count). The summed E-state index contributed by atoms with van der Waals surface area (Å²) < 4.78 is 43.6. The van der Waals surface area contributed by atoms with Gasteiger partial charge >= 0.3 is 6.18 Å². The summed E-state index contributed by atoms with van der Waals surface area (Å²) in [6.07, 6.45) is -3.91. The lowest BCUT2D eigenvalue weighted by atomic mass is 10.1. The minimum atomic E-state index is -4.50. The molecule has 4 nitrogen and oxygen atoms in total. The highest BCUT2D eigenvalue weighted by Crippen LogP contribution is 2.33. The Hall–Kier alpha value is -1.60. The number of alkyl halides is 3. The Kier molecular flexibility index (Phi) is 6.17. The van der Waals surface area contributed by atoms with Crippen LogP contribution in [0, 0.1) is 0 Å². The molecule has 0 fully saturated rings. The summed E-state index contributed by atoms with van der Waals surface area (Å²) in [4.78, 5) is 11.7. The van der Waals surface area contributed by atoms with Crippen molar-refractivity contribution in [2.24, 2.45) is 5.73 Å². The summed E-state index contributed by atoms with van der Waals surface area (Å²) in [5, 5.41) is 2.45. The van der Waals surface area contributed by atoms with Crippen molar-refractivity contribution >= 4 is 11.6 Å². The van der Waals surface area contributed by atoms with E-state index in [1.807, 2.05) is 6.92 Å². The van der Waals surface area contributed by atoms with Gasteiger partial charge in [-0.05, 0) is 31.0 Å². The van der Waals surface area contributed by atoms with Gasteiger partial charge < -0.3 is 15.8 Å². The third-order valence-corrected chi connectivity index (χ3v) is 3.10. The maximum Gasteiger partial charge on any atom is 0.416 e. The molecule has 0 radical (unpaired) electrons. The van der Waals surface area contributed by atoms with Gasteiger partial charge in [0.2, 0.25) is 5.91 Å². The lowest BCUT2D eigenvalue weighted by molar-refractivity contribution is -0.138. The van der Waals surface area contributed by atoms with Gasteiger partial charge in [0.1, 0.15) is 0 Å². The number of hydrogen-bond acceptors (Lipinski definition) is 3. The van der Waals surface area contributed by atoms with Crippen LogP contribution >= 0.6 is 0 Å². The zero-order valence-electron chi connectivity index (χ0n) is 12.0. The number of ether oxygens (including phenoxy) is 1. The number of rotatable bonds is 6. The van der Waals surface area contributed by atoms with Crippen LogP contribution in [0.4, 0.5) is 18.9 Å². The second kappa shape index (κ2) is 7.42. The fraction of sp³-hybridized carbons (Fsp3) is 0.500. The maximum absolute atomic E-state index is 12.9. The van der Waals surface area contributed by atoms with Crippen molar-refractivity contribution in [2.75, 3.05) is 12.4 Å². The largest absolute Gasteiger partial charge is 0.416 e. The number of carbonyl (C=O) groups excluding carboxylic acids is 1. The van der Waals surface area contributed by atoms with Gasteiger partial charge in [0.25, 0.3) is 0 Å². The normalized spacial score (nSPS) is 13.0. The molecule has 0 aliphatic rings. The first-order chi connectivity index (χ1) is 9.77. The van der Waals surface area contributed by atoms with Crippen LogP contribution in [0.15, 0.2) is 18.2 Å². The molecule has 7 heteroatoms. The fourth-order valence-electron chi connectivity index (χ4n) is 1.77. The molecule has 118 valence electrons. The molecule has 0 aliphatic carbocycles. The highest BCUT2D eigenvalue weighted by molar-refractivity contribution is 5.90. The Labute approximate surface area is 121 Å². The van der Waals surface area contributed by atoms with Crippen molar-refractivity contribution in [1.82, 2.24) is 0 Å². The Morgan fingerprint density at radius 1 is 1.43 bits per heavy atom. The van der Waals surface area contributed by atoms with Gasteiger partial charge in [-0.2, -0.15) is 13.2 Å². The number of carbonyl (C=O) groups is 1. The number of methoxy groups -OCH3 is 1. The van der Waals surface area contributed by atoms with Crippen LogP contribution in [0.3, 0.4) is 0 Å². The summed E-state index contributed by atoms with van der Waals surface area (Å²) in [6, 6.07) is 3.59. The van der Waals surface area contributed by atoms with Gasteiger partial charge in [-0.3, -0.25) is 4.79 Å². The Balaban J connectivity index is 2.78. The van der Waals surface area contributed by atoms with Crippen LogP contribution in [0.5, 0.6) is 0 Å². The van der Waals surface area contributed by atoms with Gasteiger partial charge in [-0.1, -0.05) is 6.07 Å². The van der Waals surface area contributed by atoms with E-state index in [1.165, 1.54) is 19.2 Å². The quantitative estimate of drug-likeness (QED) is 0.849. The van der Waals surface area contributed by atoms with E-state index in [0.29, 0.717) is 6.42 Å². The molecule has 1 atom stereocenters. The first kappa shape index (κ1) is 17.5. The van der Waals surface area contributed by atoms with Gasteiger partial charge in [0.15, 0.2) is 0 Å². The number of anilines is 1. The number of amides is 1. The number of benzene rings is 1. The smallest absolute Gasteiger partial charge is 0.382 e. The van der Waals surface area contributed by atoms with Crippen LogP contribution < -0.4 is 11.1 Å². The van der Waals surface area contributed by atoms with Crippen LogP contribution in [-0.2, 0) is 22.3 Å². The Morgan fingerprint density at radius 3 is 2.62 bits per heavy atom. The SMILES string of the molecule is COC(C)CCC(=O)Nc1ccc(CN)c(C(F)(F)F)c1. The van der Waals surface area contributed by atoms with Crippen molar-refractivity contribution in [2.45, 2.75) is 38.6 Å². The Bertz CT molecular complexity index is 490. The molecular formula is C14H19F3N2O2. The molecule has 1 aromatic rings. The molecular weight excluding hydrogens is 285 g/mol.